The SMILES string of the molecule is CC(O)c1cccc(OCc2ccc3cc(F)ccc3n2)c1. The molecule has 0 spiro atoms. The minimum absolute atomic E-state index is 0.270. The largest absolute Gasteiger partial charge is 0.487 e. The van der Waals surface area contributed by atoms with Crippen LogP contribution < -0.4 is 4.74 Å². The number of aliphatic hydroxyl groups is 1. The molecule has 0 aliphatic heterocycles. The van der Waals surface area contributed by atoms with E-state index in [-0.39, 0.29) is 5.82 Å². The lowest BCUT2D eigenvalue weighted by atomic mass is 10.1. The third-order valence-corrected chi connectivity index (χ3v) is 3.44. The van der Waals surface area contributed by atoms with Crippen molar-refractivity contribution < 1.29 is 14.2 Å². The first kappa shape index (κ1) is 14.5. The Morgan fingerprint density at radius 2 is 2.00 bits per heavy atom. The van der Waals surface area contributed by atoms with Gasteiger partial charge in [0, 0.05) is 5.39 Å². The summed E-state index contributed by atoms with van der Waals surface area (Å²) in [6.07, 6.45) is -0.530. The molecule has 1 heterocycles. The lowest BCUT2D eigenvalue weighted by Crippen LogP contribution is -1.99. The number of nitrogens with zero attached hydrogens (tertiary/aromatic N) is 1. The van der Waals surface area contributed by atoms with Gasteiger partial charge in [0.1, 0.15) is 18.2 Å². The summed E-state index contributed by atoms with van der Waals surface area (Å²) in [5.41, 5.74) is 2.31. The van der Waals surface area contributed by atoms with Gasteiger partial charge < -0.3 is 9.84 Å². The molecule has 0 saturated carbocycles. The summed E-state index contributed by atoms with van der Waals surface area (Å²) < 4.78 is 18.8. The smallest absolute Gasteiger partial charge is 0.130 e. The monoisotopic (exact) mass is 297 g/mol. The van der Waals surface area contributed by atoms with Crippen molar-refractivity contribution in [1.29, 1.82) is 0 Å². The van der Waals surface area contributed by atoms with Gasteiger partial charge in [0.15, 0.2) is 0 Å². The molecular formula is C18H16FNO2. The maximum absolute atomic E-state index is 13.1. The number of pyridine rings is 1. The first-order valence-electron chi connectivity index (χ1n) is 7.08. The normalized spacial score (nSPS) is 12.3. The van der Waals surface area contributed by atoms with Crippen LogP contribution >= 0.6 is 0 Å². The molecule has 0 amide bonds. The fraction of sp³-hybridized carbons (Fsp3) is 0.167. The molecule has 1 aromatic heterocycles. The standard InChI is InChI=1S/C18H16FNO2/c1-12(21)13-3-2-4-17(10-13)22-11-16-7-5-14-9-15(19)6-8-18(14)20-16/h2-10,12,21H,11H2,1H3. The predicted molar refractivity (Wildman–Crippen MR) is 83.1 cm³/mol. The zero-order valence-corrected chi connectivity index (χ0v) is 12.2. The summed E-state index contributed by atoms with van der Waals surface area (Å²) in [5, 5.41) is 10.3. The van der Waals surface area contributed by atoms with Crippen molar-refractivity contribution in [2.75, 3.05) is 0 Å². The van der Waals surface area contributed by atoms with E-state index in [1.165, 1.54) is 12.1 Å². The molecule has 1 unspecified atom stereocenters. The van der Waals surface area contributed by atoms with Gasteiger partial charge in [-0.1, -0.05) is 18.2 Å². The Kier molecular flexibility index (Phi) is 4.02. The average Bonchev–Trinajstić information content (AvgIpc) is 2.53. The summed E-state index contributed by atoms with van der Waals surface area (Å²) in [5.74, 6) is 0.410. The van der Waals surface area contributed by atoms with E-state index in [1.807, 2.05) is 30.3 Å². The quantitative estimate of drug-likeness (QED) is 0.791. The summed E-state index contributed by atoms with van der Waals surface area (Å²) in [6, 6.07) is 15.5. The van der Waals surface area contributed by atoms with Gasteiger partial charge >= 0.3 is 0 Å². The van der Waals surface area contributed by atoms with Gasteiger partial charge in [-0.2, -0.15) is 0 Å². The average molecular weight is 297 g/mol. The summed E-state index contributed by atoms with van der Waals surface area (Å²) in [6.45, 7) is 2.03. The van der Waals surface area contributed by atoms with Crippen LogP contribution in [-0.4, -0.2) is 10.1 Å². The van der Waals surface area contributed by atoms with Gasteiger partial charge in [-0.3, -0.25) is 0 Å². The Labute approximate surface area is 128 Å². The molecule has 22 heavy (non-hydrogen) atoms. The van der Waals surface area contributed by atoms with Gasteiger partial charge in [-0.15, -0.1) is 0 Å². The highest BCUT2D eigenvalue weighted by Gasteiger charge is 2.04. The zero-order chi connectivity index (χ0) is 15.5. The lowest BCUT2D eigenvalue weighted by molar-refractivity contribution is 0.198. The number of benzene rings is 2. The van der Waals surface area contributed by atoms with Crippen LogP contribution in [0.4, 0.5) is 4.39 Å². The molecule has 0 fully saturated rings. The number of halogens is 1. The molecule has 3 rings (SSSR count). The number of ether oxygens (including phenoxy) is 1. The highest BCUT2D eigenvalue weighted by Crippen LogP contribution is 2.20. The molecule has 3 aromatic rings. The number of aromatic nitrogens is 1. The van der Waals surface area contributed by atoms with Crippen molar-refractivity contribution in [2.45, 2.75) is 19.6 Å². The highest BCUT2D eigenvalue weighted by molar-refractivity contribution is 5.78. The summed E-state index contributed by atoms with van der Waals surface area (Å²) in [7, 11) is 0. The van der Waals surface area contributed by atoms with Crippen LogP contribution in [0.3, 0.4) is 0 Å². The Morgan fingerprint density at radius 1 is 1.14 bits per heavy atom. The molecule has 3 nitrogen and oxygen atoms in total. The van der Waals surface area contributed by atoms with Crippen LogP contribution in [0.5, 0.6) is 5.75 Å². The Hall–Kier alpha value is -2.46. The van der Waals surface area contributed by atoms with Crippen LogP contribution in [0.1, 0.15) is 24.3 Å². The third kappa shape index (κ3) is 3.23. The van der Waals surface area contributed by atoms with Crippen LogP contribution in [-0.2, 0) is 6.61 Å². The first-order chi connectivity index (χ1) is 10.6. The van der Waals surface area contributed by atoms with Gasteiger partial charge in [-0.25, -0.2) is 9.37 Å². The Balaban J connectivity index is 1.76. The topological polar surface area (TPSA) is 42.4 Å². The second kappa shape index (κ2) is 6.12. The van der Waals surface area contributed by atoms with Gasteiger partial charge in [0.2, 0.25) is 0 Å². The van der Waals surface area contributed by atoms with E-state index in [0.29, 0.717) is 12.4 Å². The minimum Gasteiger partial charge on any atom is -0.487 e. The second-order valence-electron chi connectivity index (χ2n) is 5.18. The minimum atomic E-state index is -0.530. The summed E-state index contributed by atoms with van der Waals surface area (Å²) >= 11 is 0. The van der Waals surface area contributed by atoms with Crippen molar-refractivity contribution in [3.05, 3.63) is 71.7 Å². The number of hydrogen-bond acceptors (Lipinski definition) is 3. The molecule has 0 aliphatic rings. The summed E-state index contributed by atoms with van der Waals surface area (Å²) in [4.78, 5) is 4.45. The van der Waals surface area contributed by atoms with Crippen molar-refractivity contribution in [2.24, 2.45) is 0 Å². The first-order valence-corrected chi connectivity index (χ1v) is 7.08. The molecule has 0 radical (unpaired) electrons. The molecule has 0 bridgehead atoms. The van der Waals surface area contributed by atoms with E-state index in [0.717, 1.165) is 22.2 Å². The second-order valence-corrected chi connectivity index (χ2v) is 5.18. The van der Waals surface area contributed by atoms with E-state index in [2.05, 4.69) is 4.98 Å². The van der Waals surface area contributed by atoms with Crippen molar-refractivity contribution in [3.8, 4) is 5.75 Å². The zero-order valence-electron chi connectivity index (χ0n) is 12.2. The number of aliphatic hydroxyl groups excluding tert-OH is 1. The van der Waals surface area contributed by atoms with Gasteiger partial charge in [0.25, 0.3) is 0 Å². The van der Waals surface area contributed by atoms with Crippen LogP contribution in [0.2, 0.25) is 0 Å². The molecule has 0 aliphatic carbocycles. The molecule has 0 saturated heterocycles. The van der Waals surface area contributed by atoms with Crippen molar-refractivity contribution in [1.82, 2.24) is 4.98 Å². The van der Waals surface area contributed by atoms with Gasteiger partial charge in [0.05, 0.1) is 17.3 Å². The van der Waals surface area contributed by atoms with E-state index in [4.69, 9.17) is 4.74 Å². The van der Waals surface area contributed by atoms with E-state index >= 15 is 0 Å². The fourth-order valence-corrected chi connectivity index (χ4v) is 2.24. The molecule has 1 atom stereocenters. The predicted octanol–water partition coefficient (Wildman–Crippen LogP) is 4.01. The lowest BCUT2D eigenvalue weighted by Gasteiger charge is -2.09. The fourth-order valence-electron chi connectivity index (χ4n) is 2.24. The molecule has 1 N–H and O–H groups in total. The molecular weight excluding hydrogens is 281 g/mol. The van der Waals surface area contributed by atoms with E-state index < -0.39 is 6.10 Å². The maximum Gasteiger partial charge on any atom is 0.130 e. The number of fused-ring (bicyclic) bond motifs is 1. The van der Waals surface area contributed by atoms with Crippen molar-refractivity contribution in [3.63, 3.8) is 0 Å². The molecule has 112 valence electrons. The van der Waals surface area contributed by atoms with Gasteiger partial charge in [-0.05, 0) is 48.9 Å². The Morgan fingerprint density at radius 3 is 2.82 bits per heavy atom. The number of hydrogen-bond donors (Lipinski definition) is 1. The van der Waals surface area contributed by atoms with Crippen LogP contribution in [0, 0.1) is 5.82 Å². The number of rotatable bonds is 4. The molecule has 2 aromatic carbocycles. The highest BCUT2D eigenvalue weighted by atomic mass is 19.1. The van der Waals surface area contributed by atoms with E-state index in [1.54, 1.807) is 19.1 Å². The van der Waals surface area contributed by atoms with E-state index in [9.17, 15) is 9.50 Å². The van der Waals surface area contributed by atoms with Crippen LogP contribution in [0.15, 0.2) is 54.6 Å². The maximum atomic E-state index is 13.1. The third-order valence-electron chi connectivity index (χ3n) is 3.44. The molecule has 4 heteroatoms. The Bertz CT molecular complexity index is 802. The van der Waals surface area contributed by atoms with Crippen LogP contribution in [0.25, 0.3) is 10.9 Å². The van der Waals surface area contributed by atoms with Crippen molar-refractivity contribution >= 4 is 10.9 Å².